The van der Waals surface area contributed by atoms with E-state index in [1.165, 1.54) is 0 Å². The van der Waals surface area contributed by atoms with Crippen molar-refractivity contribution in [3.8, 4) is 16.8 Å². The predicted octanol–water partition coefficient (Wildman–Crippen LogP) is 4.19. The Bertz CT molecular complexity index is 659. The molecule has 0 bridgehead atoms. The normalized spacial score (nSPS) is 10.5. The molecule has 0 aliphatic carbocycles. The molecule has 0 unspecified atom stereocenters. The molecule has 3 heteroatoms. The molecule has 1 heterocycles. The van der Waals surface area contributed by atoms with Crippen molar-refractivity contribution < 1.29 is 0 Å². The summed E-state index contributed by atoms with van der Waals surface area (Å²) in [6, 6.07) is 17.8. The Morgan fingerprint density at radius 2 is 1.72 bits per heavy atom. The summed E-state index contributed by atoms with van der Waals surface area (Å²) in [6.07, 6.45) is 3.85. The number of benzene rings is 2. The van der Waals surface area contributed by atoms with E-state index in [1.807, 2.05) is 71.7 Å². The lowest BCUT2D eigenvalue weighted by Crippen LogP contribution is -1.92. The van der Waals surface area contributed by atoms with Crippen LogP contribution in [-0.4, -0.2) is 9.78 Å². The van der Waals surface area contributed by atoms with E-state index in [1.54, 1.807) is 0 Å². The third-order valence-electron chi connectivity index (χ3n) is 2.76. The number of aromatic nitrogens is 2. The number of hydrogen-bond acceptors (Lipinski definition) is 1. The van der Waals surface area contributed by atoms with Crippen molar-refractivity contribution in [3.05, 3.63) is 72.0 Å². The third-order valence-corrected chi connectivity index (χ3v) is 3.00. The fraction of sp³-hybridized carbons (Fsp3) is 0. The molecule has 18 heavy (non-hydrogen) atoms. The lowest BCUT2D eigenvalue weighted by Gasteiger charge is -1.99. The van der Waals surface area contributed by atoms with Gasteiger partial charge in [0.1, 0.15) is 0 Å². The van der Waals surface area contributed by atoms with E-state index >= 15 is 0 Å². The molecule has 2 aromatic carbocycles. The van der Waals surface area contributed by atoms with Crippen LogP contribution in [0, 0.1) is 0 Å². The summed E-state index contributed by atoms with van der Waals surface area (Å²) in [6.45, 7) is 0. The van der Waals surface area contributed by atoms with Gasteiger partial charge in [0.15, 0.2) is 0 Å². The van der Waals surface area contributed by atoms with Gasteiger partial charge < -0.3 is 0 Å². The lowest BCUT2D eigenvalue weighted by molar-refractivity contribution is 0.881. The van der Waals surface area contributed by atoms with Crippen LogP contribution >= 0.6 is 11.6 Å². The van der Waals surface area contributed by atoms with E-state index in [0.717, 1.165) is 21.8 Å². The van der Waals surface area contributed by atoms with E-state index < -0.39 is 0 Å². The molecule has 3 aromatic rings. The maximum atomic E-state index is 5.99. The van der Waals surface area contributed by atoms with Crippen molar-refractivity contribution in [3.63, 3.8) is 0 Å². The molecule has 0 radical (unpaired) electrons. The molecule has 0 N–H and O–H groups in total. The fourth-order valence-corrected chi connectivity index (χ4v) is 2.05. The summed E-state index contributed by atoms with van der Waals surface area (Å²) in [4.78, 5) is 0. The Morgan fingerprint density at radius 1 is 0.889 bits per heavy atom. The van der Waals surface area contributed by atoms with Crippen molar-refractivity contribution in [1.82, 2.24) is 9.78 Å². The van der Waals surface area contributed by atoms with E-state index in [4.69, 9.17) is 11.6 Å². The molecule has 0 aliphatic heterocycles. The summed E-state index contributed by atoms with van der Waals surface area (Å²) in [7, 11) is 0. The van der Waals surface area contributed by atoms with Crippen LogP contribution < -0.4 is 0 Å². The van der Waals surface area contributed by atoms with Crippen LogP contribution in [0.25, 0.3) is 16.8 Å². The molecule has 0 fully saturated rings. The minimum atomic E-state index is 0.736. The maximum absolute atomic E-state index is 5.99. The molecular formula is C15H11ClN2. The molecule has 0 atom stereocenters. The summed E-state index contributed by atoms with van der Waals surface area (Å²) in [5.74, 6) is 0. The van der Waals surface area contributed by atoms with Gasteiger partial charge >= 0.3 is 0 Å². The lowest BCUT2D eigenvalue weighted by atomic mass is 10.1. The van der Waals surface area contributed by atoms with Crippen molar-refractivity contribution in [2.75, 3.05) is 0 Å². The van der Waals surface area contributed by atoms with Gasteiger partial charge in [-0.2, -0.15) is 5.10 Å². The van der Waals surface area contributed by atoms with E-state index in [-0.39, 0.29) is 0 Å². The van der Waals surface area contributed by atoms with Gasteiger partial charge in [0.2, 0.25) is 0 Å². The second-order valence-corrected chi connectivity index (χ2v) is 4.46. The van der Waals surface area contributed by atoms with E-state index in [2.05, 4.69) is 5.10 Å². The number of para-hydroxylation sites is 1. The largest absolute Gasteiger partial charge is 0.240 e. The Kier molecular flexibility index (Phi) is 2.87. The van der Waals surface area contributed by atoms with Crippen LogP contribution in [0.15, 0.2) is 67.0 Å². The van der Waals surface area contributed by atoms with Gasteiger partial charge in [0, 0.05) is 16.8 Å². The van der Waals surface area contributed by atoms with Gasteiger partial charge in [-0.25, -0.2) is 4.68 Å². The predicted molar refractivity (Wildman–Crippen MR) is 74.0 cm³/mol. The molecule has 0 saturated heterocycles. The van der Waals surface area contributed by atoms with Gasteiger partial charge in [-0.1, -0.05) is 41.9 Å². The molecule has 88 valence electrons. The SMILES string of the molecule is Clc1cccc(-c2cnn(-c3ccccc3)c2)c1. The van der Waals surface area contributed by atoms with Crippen LogP contribution in [-0.2, 0) is 0 Å². The molecule has 0 amide bonds. The fourth-order valence-electron chi connectivity index (χ4n) is 1.86. The molecule has 2 nitrogen and oxygen atoms in total. The average molecular weight is 255 g/mol. The second-order valence-electron chi connectivity index (χ2n) is 4.02. The monoisotopic (exact) mass is 254 g/mol. The standard InChI is InChI=1S/C15H11ClN2/c16-14-6-4-5-12(9-14)13-10-17-18(11-13)15-7-2-1-3-8-15/h1-11H. The van der Waals surface area contributed by atoms with Gasteiger partial charge in [-0.05, 0) is 29.8 Å². The zero-order chi connectivity index (χ0) is 12.4. The number of halogens is 1. The zero-order valence-corrected chi connectivity index (χ0v) is 10.4. The zero-order valence-electron chi connectivity index (χ0n) is 9.62. The first kappa shape index (κ1) is 11.1. The van der Waals surface area contributed by atoms with Crippen molar-refractivity contribution in [2.24, 2.45) is 0 Å². The summed E-state index contributed by atoms with van der Waals surface area (Å²) < 4.78 is 1.86. The quantitative estimate of drug-likeness (QED) is 0.670. The van der Waals surface area contributed by atoms with Crippen LogP contribution in [0.4, 0.5) is 0 Å². The minimum absolute atomic E-state index is 0.736. The molecule has 0 saturated carbocycles. The molecule has 0 spiro atoms. The summed E-state index contributed by atoms with van der Waals surface area (Å²) >= 11 is 5.99. The molecule has 1 aromatic heterocycles. The van der Waals surface area contributed by atoms with Crippen molar-refractivity contribution in [2.45, 2.75) is 0 Å². The number of hydrogen-bond donors (Lipinski definition) is 0. The average Bonchev–Trinajstić information content (AvgIpc) is 2.89. The highest BCUT2D eigenvalue weighted by molar-refractivity contribution is 6.30. The Morgan fingerprint density at radius 3 is 2.50 bits per heavy atom. The van der Waals surface area contributed by atoms with Gasteiger partial charge in [0.25, 0.3) is 0 Å². The number of rotatable bonds is 2. The first-order valence-electron chi connectivity index (χ1n) is 5.69. The number of nitrogens with zero attached hydrogens (tertiary/aromatic N) is 2. The van der Waals surface area contributed by atoms with Crippen LogP contribution in [0.2, 0.25) is 5.02 Å². The van der Waals surface area contributed by atoms with Crippen LogP contribution in [0.5, 0.6) is 0 Å². The molecule has 3 rings (SSSR count). The van der Waals surface area contributed by atoms with Crippen molar-refractivity contribution in [1.29, 1.82) is 0 Å². The van der Waals surface area contributed by atoms with Gasteiger partial charge in [-0.15, -0.1) is 0 Å². The Balaban J connectivity index is 2.00. The highest BCUT2D eigenvalue weighted by Gasteiger charge is 2.03. The van der Waals surface area contributed by atoms with Crippen LogP contribution in [0.3, 0.4) is 0 Å². The van der Waals surface area contributed by atoms with Gasteiger partial charge in [0.05, 0.1) is 11.9 Å². The first-order valence-corrected chi connectivity index (χ1v) is 6.07. The topological polar surface area (TPSA) is 17.8 Å². The van der Waals surface area contributed by atoms with E-state index in [9.17, 15) is 0 Å². The molecular weight excluding hydrogens is 244 g/mol. The molecule has 0 aliphatic rings. The summed E-state index contributed by atoms with van der Waals surface area (Å²) in [5, 5.41) is 5.10. The highest BCUT2D eigenvalue weighted by atomic mass is 35.5. The minimum Gasteiger partial charge on any atom is -0.240 e. The highest BCUT2D eigenvalue weighted by Crippen LogP contribution is 2.22. The Hall–Kier alpha value is -2.06. The van der Waals surface area contributed by atoms with Gasteiger partial charge in [-0.3, -0.25) is 0 Å². The summed E-state index contributed by atoms with van der Waals surface area (Å²) in [5.41, 5.74) is 3.18. The van der Waals surface area contributed by atoms with E-state index in [0.29, 0.717) is 0 Å². The Labute approximate surface area is 110 Å². The van der Waals surface area contributed by atoms with Crippen molar-refractivity contribution >= 4 is 11.6 Å². The van der Waals surface area contributed by atoms with Crippen LogP contribution in [0.1, 0.15) is 0 Å². The third kappa shape index (κ3) is 2.15. The first-order chi connectivity index (χ1) is 8.83. The smallest absolute Gasteiger partial charge is 0.0645 e. The maximum Gasteiger partial charge on any atom is 0.0645 e. The second kappa shape index (κ2) is 4.67.